The maximum absolute atomic E-state index is 14.4. The summed E-state index contributed by atoms with van der Waals surface area (Å²) >= 11 is 0. The molecule has 1 amide bonds. The number of amides is 1. The van der Waals surface area contributed by atoms with Gasteiger partial charge in [-0.15, -0.1) is 12.4 Å². The van der Waals surface area contributed by atoms with Crippen LogP contribution in [0.1, 0.15) is 24.2 Å². The van der Waals surface area contributed by atoms with Gasteiger partial charge in [0.25, 0.3) is 11.5 Å². The van der Waals surface area contributed by atoms with Crippen LogP contribution in [0, 0.1) is 11.7 Å². The summed E-state index contributed by atoms with van der Waals surface area (Å²) in [4.78, 5) is 30.6. The molecule has 1 aromatic heterocycles. The van der Waals surface area contributed by atoms with Crippen molar-refractivity contribution in [2.75, 3.05) is 43.4 Å². The topological polar surface area (TPSA) is 77.8 Å². The third-order valence-electron chi connectivity index (χ3n) is 5.93. The minimum atomic E-state index is -0.768. The van der Waals surface area contributed by atoms with E-state index in [0.29, 0.717) is 23.1 Å². The van der Waals surface area contributed by atoms with Gasteiger partial charge in [-0.2, -0.15) is 0 Å². The van der Waals surface area contributed by atoms with Gasteiger partial charge in [0.1, 0.15) is 17.1 Å². The second kappa shape index (κ2) is 10.4. The Morgan fingerprint density at radius 2 is 1.79 bits per heavy atom. The minimum Gasteiger partial charge on any atom is -0.506 e. The van der Waals surface area contributed by atoms with Crippen molar-refractivity contribution in [2.45, 2.75) is 20.4 Å². The van der Waals surface area contributed by atoms with Gasteiger partial charge in [-0.25, -0.2) is 4.39 Å². The Morgan fingerprint density at radius 1 is 1.12 bits per heavy atom. The van der Waals surface area contributed by atoms with E-state index in [0.717, 1.165) is 26.2 Å². The monoisotopic (exact) mass is 488 g/mol. The zero-order valence-electron chi connectivity index (χ0n) is 19.5. The van der Waals surface area contributed by atoms with Crippen molar-refractivity contribution in [3.8, 4) is 5.75 Å². The number of halogens is 2. The molecule has 0 bridgehead atoms. The summed E-state index contributed by atoms with van der Waals surface area (Å²) in [5, 5.41) is 13.9. The van der Waals surface area contributed by atoms with Crippen LogP contribution >= 0.6 is 12.4 Å². The molecule has 182 valence electrons. The van der Waals surface area contributed by atoms with Gasteiger partial charge in [0.15, 0.2) is 0 Å². The van der Waals surface area contributed by atoms with E-state index >= 15 is 0 Å². The number of rotatable bonds is 5. The molecule has 1 saturated heterocycles. The normalized spacial score (nSPS) is 14.3. The highest BCUT2D eigenvalue weighted by atomic mass is 35.5. The van der Waals surface area contributed by atoms with Crippen LogP contribution in [0.3, 0.4) is 0 Å². The van der Waals surface area contributed by atoms with Crippen LogP contribution in [0.4, 0.5) is 15.8 Å². The molecule has 7 nitrogen and oxygen atoms in total. The van der Waals surface area contributed by atoms with E-state index in [1.165, 1.54) is 16.7 Å². The number of aromatic nitrogens is 1. The van der Waals surface area contributed by atoms with Gasteiger partial charge < -0.3 is 24.8 Å². The van der Waals surface area contributed by atoms with Crippen LogP contribution in [0.25, 0.3) is 10.9 Å². The Balaban J connectivity index is 0.00000324. The molecule has 0 spiro atoms. The van der Waals surface area contributed by atoms with Gasteiger partial charge in [0, 0.05) is 49.5 Å². The summed E-state index contributed by atoms with van der Waals surface area (Å²) in [7, 11) is 2.04. The van der Waals surface area contributed by atoms with Crippen molar-refractivity contribution >= 4 is 40.6 Å². The van der Waals surface area contributed by atoms with Gasteiger partial charge in [-0.3, -0.25) is 9.59 Å². The Labute approximate surface area is 204 Å². The van der Waals surface area contributed by atoms with Crippen LogP contribution in [-0.2, 0) is 6.54 Å². The minimum absolute atomic E-state index is 0. The van der Waals surface area contributed by atoms with Crippen molar-refractivity contribution < 1.29 is 14.3 Å². The number of nitrogens with one attached hydrogen (secondary N) is 1. The number of piperazine rings is 1. The molecule has 34 heavy (non-hydrogen) atoms. The first-order valence-electron chi connectivity index (χ1n) is 11.1. The maximum atomic E-state index is 14.4. The lowest BCUT2D eigenvalue weighted by atomic mass is 10.1. The molecule has 9 heteroatoms. The summed E-state index contributed by atoms with van der Waals surface area (Å²) in [5.41, 5.74) is 0.538. The number of aromatic hydroxyl groups is 1. The number of anilines is 2. The van der Waals surface area contributed by atoms with Crippen LogP contribution < -0.4 is 15.8 Å². The molecule has 3 aromatic rings. The van der Waals surface area contributed by atoms with E-state index in [9.17, 15) is 19.1 Å². The predicted molar refractivity (Wildman–Crippen MR) is 136 cm³/mol. The number of benzene rings is 2. The highest BCUT2D eigenvalue weighted by Crippen LogP contribution is 2.28. The smallest absolute Gasteiger partial charge is 0.267 e. The number of para-hydroxylation sites is 1. The third kappa shape index (κ3) is 5.18. The third-order valence-corrected chi connectivity index (χ3v) is 5.93. The summed E-state index contributed by atoms with van der Waals surface area (Å²) in [6.07, 6.45) is 0. The van der Waals surface area contributed by atoms with E-state index in [1.807, 2.05) is 20.9 Å². The number of likely N-dealkylation sites (N-methyl/N-ethyl adjacent to an activating group) is 1. The molecule has 0 aliphatic carbocycles. The van der Waals surface area contributed by atoms with Crippen LogP contribution in [0.5, 0.6) is 5.75 Å². The van der Waals surface area contributed by atoms with Gasteiger partial charge in [-0.1, -0.05) is 26.0 Å². The largest absolute Gasteiger partial charge is 0.506 e. The van der Waals surface area contributed by atoms with E-state index in [2.05, 4.69) is 15.1 Å². The van der Waals surface area contributed by atoms with Crippen molar-refractivity contribution in [3.05, 3.63) is 64.2 Å². The molecule has 4 rings (SSSR count). The Bertz CT molecular complexity index is 1250. The number of fused-ring (bicyclic) bond motifs is 1. The molecule has 1 aliphatic rings. The number of carbonyl (C=O) groups excluding carboxylic acids is 1. The number of hydrogen-bond acceptors (Lipinski definition) is 5. The Kier molecular flexibility index (Phi) is 7.84. The van der Waals surface area contributed by atoms with Gasteiger partial charge in [0.2, 0.25) is 0 Å². The molecule has 2 aromatic carbocycles. The van der Waals surface area contributed by atoms with Crippen LogP contribution in [0.2, 0.25) is 0 Å². The lowest BCUT2D eigenvalue weighted by Gasteiger charge is -2.34. The molecule has 0 atom stereocenters. The summed E-state index contributed by atoms with van der Waals surface area (Å²) in [5.74, 6) is -1.47. The van der Waals surface area contributed by atoms with Crippen LogP contribution in [0.15, 0.2) is 47.3 Å². The van der Waals surface area contributed by atoms with E-state index < -0.39 is 17.3 Å². The number of hydrogen-bond donors (Lipinski definition) is 2. The molecular weight excluding hydrogens is 459 g/mol. The second-order valence-electron chi connectivity index (χ2n) is 8.99. The fourth-order valence-corrected chi connectivity index (χ4v) is 4.23. The first-order chi connectivity index (χ1) is 15.7. The predicted octanol–water partition coefficient (Wildman–Crippen LogP) is 3.93. The number of carbonyl (C=O) groups is 1. The highest BCUT2D eigenvalue weighted by molar-refractivity contribution is 6.09. The molecule has 1 fully saturated rings. The quantitative estimate of drug-likeness (QED) is 0.569. The zero-order chi connectivity index (χ0) is 23.7. The van der Waals surface area contributed by atoms with Crippen molar-refractivity contribution in [3.63, 3.8) is 0 Å². The molecule has 0 saturated carbocycles. The average Bonchev–Trinajstić information content (AvgIpc) is 2.76. The molecular formula is C25H30ClFN4O3. The number of nitrogens with zero attached hydrogens (tertiary/aromatic N) is 3. The second-order valence-corrected chi connectivity index (χ2v) is 8.99. The molecule has 2 heterocycles. The first-order valence-corrected chi connectivity index (χ1v) is 11.1. The van der Waals surface area contributed by atoms with Gasteiger partial charge in [-0.05, 0) is 43.3 Å². The van der Waals surface area contributed by atoms with Gasteiger partial charge >= 0.3 is 0 Å². The number of pyridine rings is 1. The lowest BCUT2D eigenvalue weighted by molar-refractivity contribution is 0.102. The van der Waals surface area contributed by atoms with E-state index in [-0.39, 0.29) is 35.3 Å². The lowest BCUT2D eigenvalue weighted by Crippen LogP contribution is -2.44. The fourth-order valence-electron chi connectivity index (χ4n) is 4.23. The fraction of sp³-hybridized carbons (Fsp3) is 0.360. The maximum Gasteiger partial charge on any atom is 0.267 e. The Hall–Kier alpha value is -3.10. The molecule has 0 radical (unpaired) electrons. The van der Waals surface area contributed by atoms with Crippen molar-refractivity contribution in [2.24, 2.45) is 5.92 Å². The standard InChI is InChI=1S/C25H29FN4O3.ClH/c1-16(2)15-30-21-7-5-4-6-20(21)23(31)22(25(30)33)24(32)27-18-12-17(26)13-19(14-18)29-10-8-28(3)9-11-29;/h4-7,12-14,16,31H,8-11,15H2,1-3H3,(H,27,32);1H. The van der Waals surface area contributed by atoms with Crippen LogP contribution in [-0.4, -0.2) is 53.7 Å². The molecule has 2 N–H and O–H groups in total. The SMILES string of the molecule is CC(C)Cn1c(=O)c(C(=O)Nc2cc(F)cc(N3CCN(C)CC3)c2)c(O)c2ccccc21.Cl. The summed E-state index contributed by atoms with van der Waals surface area (Å²) in [6.45, 7) is 7.56. The summed E-state index contributed by atoms with van der Waals surface area (Å²) in [6, 6.07) is 11.3. The molecule has 0 unspecified atom stereocenters. The summed E-state index contributed by atoms with van der Waals surface area (Å²) < 4.78 is 15.9. The molecule has 1 aliphatic heterocycles. The van der Waals surface area contributed by atoms with Crippen molar-refractivity contribution in [1.82, 2.24) is 9.47 Å². The van der Waals surface area contributed by atoms with Gasteiger partial charge in [0.05, 0.1) is 5.52 Å². The first kappa shape index (κ1) is 25.5. The van der Waals surface area contributed by atoms with E-state index in [4.69, 9.17) is 0 Å². The highest BCUT2D eigenvalue weighted by Gasteiger charge is 2.23. The van der Waals surface area contributed by atoms with E-state index in [1.54, 1.807) is 30.3 Å². The Morgan fingerprint density at radius 3 is 2.47 bits per heavy atom. The average molecular weight is 489 g/mol. The zero-order valence-corrected chi connectivity index (χ0v) is 20.4. The van der Waals surface area contributed by atoms with Crippen molar-refractivity contribution in [1.29, 1.82) is 0 Å².